The molecule has 0 amide bonds. The molecule has 3 rings (SSSR count). The highest BCUT2D eigenvalue weighted by Crippen LogP contribution is 2.38. The highest BCUT2D eigenvalue weighted by molar-refractivity contribution is 7.78. The number of aryl methyl sites for hydroxylation is 1. The number of halogens is 6. The Morgan fingerprint density at radius 2 is 1.37 bits per heavy atom. The fraction of sp³-hybridized carbons (Fsp3) is 0.0952. The van der Waals surface area contributed by atoms with Gasteiger partial charge in [-0.25, -0.2) is 17.6 Å². The van der Waals surface area contributed by atoms with Crippen LogP contribution in [0.4, 0.5) is 32.0 Å². The van der Waals surface area contributed by atoms with Crippen LogP contribution in [0.25, 0.3) is 11.1 Å². The molecule has 154 valence electrons. The smallest absolute Gasteiger partial charge is 0.429 e. The molecule has 2 nitrogen and oxygen atoms in total. The van der Waals surface area contributed by atoms with Crippen LogP contribution in [0.1, 0.15) is 11.1 Å². The maximum absolute atomic E-state index is 14.5. The zero-order chi connectivity index (χ0) is 22.1. The Kier molecular flexibility index (Phi) is 5.96. The van der Waals surface area contributed by atoms with Crippen LogP contribution in [0.3, 0.4) is 0 Å². The molecule has 0 spiro atoms. The second-order valence-electron chi connectivity index (χ2n) is 6.24. The molecule has 0 N–H and O–H groups in total. The quantitative estimate of drug-likeness (QED) is 0.241. The first-order valence-electron chi connectivity index (χ1n) is 8.32. The summed E-state index contributed by atoms with van der Waals surface area (Å²) in [6.07, 6.45) is -4.56. The van der Waals surface area contributed by atoms with Gasteiger partial charge in [0.2, 0.25) is 0 Å². The Hall–Kier alpha value is -3.16. The molecule has 0 aliphatic heterocycles. The first kappa shape index (κ1) is 21.5. The van der Waals surface area contributed by atoms with Crippen LogP contribution in [0, 0.1) is 30.2 Å². The zero-order valence-corrected chi connectivity index (χ0v) is 16.0. The van der Waals surface area contributed by atoms with Gasteiger partial charge in [0, 0.05) is 12.1 Å². The Morgan fingerprint density at radius 1 is 0.833 bits per heavy atom. The SMILES string of the molecule is Cc1ccc(-c2cc(F)c(C(F)(F)Oc3cc(F)c(N=C=S)c(F)c3)c(F)c2)cc1. The molecule has 3 aromatic carbocycles. The van der Waals surface area contributed by atoms with E-state index in [4.69, 9.17) is 0 Å². The second-order valence-corrected chi connectivity index (χ2v) is 6.42. The van der Waals surface area contributed by atoms with Gasteiger partial charge in [-0.3, -0.25) is 0 Å². The van der Waals surface area contributed by atoms with E-state index < -0.39 is 46.4 Å². The average molecular weight is 439 g/mol. The molecule has 0 aromatic heterocycles. The van der Waals surface area contributed by atoms with Crippen molar-refractivity contribution in [1.29, 1.82) is 0 Å². The third-order valence-corrected chi connectivity index (χ3v) is 4.20. The molecule has 0 unspecified atom stereocenters. The monoisotopic (exact) mass is 439 g/mol. The summed E-state index contributed by atoms with van der Waals surface area (Å²) in [6, 6.07) is 8.76. The van der Waals surface area contributed by atoms with Crippen molar-refractivity contribution in [3.8, 4) is 16.9 Å². The van der Waals surface area contributed by atoms with Gasteiger partial charge in [0.15, 0.2) is 11.6 Å². The van der Waals surface area contributed by atoms with E-state index in [0.717, 1.165) is 17.7 Å². The number of ether oxygens (including phenoxy) is 1. The lowest BCUT2D eigenvalue weighted by atomic mass is 10.0. The Morgan fingerprint density at radius 3 is 1.87 bits per heavy atom. The second kappa shape index (κ2) is 8.30. The van der Waals surface area contributed by atoms with Crippen LogP contribution in [0.5, 0.6) is 5.75 Å². The number of hydrogen-bond acceptors (Lipinski definition) is 3. The van der Waals surface area contributed by atoms with E-state index in [0.29, 0.717) is 17.7 Å². The standard InChI is InChI=1S/C21H11F6NOS/c1-11-2-4-12(5-3-11)13-6-15(22)19(16(23)7-13)21(26,27)29-14-8-17(24)20(28-10-30)18(25)9-14/h2-9H,1H3. The van der Waals surface area contributed by atoms with E-state index in [-0.39, 0.29) is 5.56 Å². The fourth-order valence-electron chi connectivity index (χ4n) is 2.72. The number of hydrogen-bond donors (Lipinski definition) is 0. The van der Waals surface area contributed by atoms with Gasteiger partial charge in [-0.05, 0) is 42.4 Å². The van der Waals surface area contributed by atoms with Gasteiger partial charge in [0.25, 0.3) is 0 Å². The number of thiocarbonyl (C=S) groups is 1. The minimum Gasteiger partial charge on any atom is -0.429 e. The predicted octanol–water partition coefficient (Wildman–Crippen LogP) is 7.08. The van der Waals surface area contributed by atoms with Gasteiger partial charge in [-0.1, -0.05) is 29.8 Å². The zero-order valence-electron chi connectivity index (χ0n) is 15.2. The summed E-state index contributed by atoms with van der Waals surface area (Å²) >= 11 is 4.23. The summed E-state index contributed by atoms with van der Waals surface area (Å²) in [5, 5.41) is 1.74. The van der Waals surface area contributed by atoms with E-state index in [1.807, 2.05) is 6.92 Å². The minimum atomic E-state index is -4.56. The van der Waals surface area contributed by atoms with Crippen LogP contribution < -0.4 is 4.74 Å². The first-order valence-corrected chi connectivity index (χ1v) is 8.73. The van der Waals surface area contributed by atoms with E-state index >= 15 is 0 Å². The van der Waals surface area contributed by atoms with Gasteiger partial charge < -0.3 is 4.74 Å². The summed E-state index contributed by atoms with van der Waals surface area (Å²) in [7, 11) is 0. The number of aliphatic imine (C=N–C) groups is 1. The van der Waals surface area contributed by atoms with Gasteiger partial charge in [-0.15, -0.1) is 0 Å². The number of rotatable bonds is 5. The normalized spacial score (nSPS) is 11.2. The third-order valence-electron chi connectivity index (χ3n) is 4.11. The fourth-order valence-corrected chi connectivity index (χ4v) is 2.81. The summed E-state index contributed by atoms with van der Waals surface area (Å²) in [6.45, 7) is 1.81. The molecule has 0 aliphatic carbocycles. The maximum Gasteiger partial charge on any atom is 0.432 e. The van der Waals surface area contributed by atoms with Crippen molar-refractivity contribution in [2.75, 3.05) is 0 Å². The minimum absolute atomic E-state index is 0.0315. The molecule has 0 bridgehead atoms. The highest BCUT2D eigenvalue weighted by atomic mass is 32.1. The van der Waals surface area contributed by atoms with Crippen LogP contribution in [-0.4, -0.2) is 5.16 Å². The molecule has 0 radical (unpaired) electrons. The molecular formula is C21H11F6NOS. The number of alkyl halides is 2. The molecule has 0 saturated heterocycles. The van der Waals surface area contributed by atoms with Crippen molar-refractivity contribution in [3.05, 3.63) is 82.9 Å². The van der Waals surface area contributed by atoms with Crippen molar-refractivity contribution in [2.45, 2.75) is 13.0 Å². The summed E-state index contributed by atoms with van der Waals surface area (Å²) in [4.78, 5) is 3.13. The Bertz CT molecular complexity index is 1110. The molecule has 30 heavy (non-hydrogen) atoms. The van der Waals surface area contributed by atoms with Crippen molar-refractivity contribution in [2.24, 2.45) is 4.99 Å². The largest absolute Gasteiger partial charge is 0.432 e. The number of nitrogens with zero attached hydrogens (tertiary/aromatic N) is 1. The van der Waals surface area contributed by atoms with E-state index in [1.165, 1.54) is 0 Å². The summed E-state index contributed by atoms with van der Waals surface area (Å²) in [5.41, 5.74) is -1.21. The van der Waals surface area contributed by atoms with E-state index in [1.54, 1.807) is 29.4 Å². The van der Waals surface area contributed by atoms with Gasteiger partial charge >= 0.3 is 6.11 Å². The van der Waals surface area contributed by atoms with Crippen LogP contribution in [0.2, 0.25) is 0 Å². The van der Waals surface area contributed by atoms with Gasteiger partial charge in [0.1, 0.15) is 28.6 Å². The van der Waals surface area contributed by atoms with Crippen LogP contribution in [0.15, 0.2) is 53.5 Å². The molecule has 0 aliphatic rings. The summed E-state index contributed by atoms with van der Waals surface area (Å²) in [5.74, 6) is -6.90. The number of benzene rings is 3. The maximum atomic E-state index is 14.5. The topological polar surface area (TPSA) is 21.6 Å². The van der Waals surface area contributed by atoms with Crippen LogP contribution >= 0.6 is 12.2 Å². The molecule has 0 atom stereocenters. The Balaban J connectivity index is 1.98. The highest BCUT2D eigenvalue weighted by Gasteiger charge is 2.41. The molecule has 9 heteroatoms. The van der Waals surface area contributed by atoms with Crippen molar-refractivity contribution in [1.82, 2.24) is 0 Å². The Labute approximate surface area is 172 Å². The molecule has 0 saturated carbocycles. The van der Waals surface area contributed by atoms with Crippen molar-refractivity contribution >= 4 is 23.1 Å². The first-order chi connectivity index (χ1) is 14.1. The number of isothiocyanates is 1. The summed E-state index contributed by atoms with van der Waals surface area (Å²) < 4.78 is 89.6. The lowest BCUT2D eigenvalue weighted by Crippen LogP contribution is -2.25. The lowest BCUT2D eigenvalue weighted by molar-refractivity contribution is -0.189. The predicted molar refractivity (Wildman–Crippen MR) is 102 cm³/mol. The van der Waals surface area contributed by atoms with Gasteiger partial charge in [-0.2, -0.15) is 13.8 Å². The van der Waals surface area contributed by atoms with Crippen LogP contribution in [-0.2, 0) is 6.11 Å². The van der Waals surface area contributed by atoms with E-state index in [9.17, 15) is 26.3 Å². The molecule has 0 heterocycles. The third kappa shape index (κ3) is 4.37. The van der Waals surface area contributed by atoms with E-state index in [2.05, 4.69) is 21.9 Å². The average Bonchev–Trinajstić information content (AvgIpc) is 2.64. The molecule has 3 aromatic rings. The molecule has 0 fully saturated rings. The van der Waals surface area contributed by atoms with Crippen molar-refractivity contribution in [3.63, 3.8) is 0 Å². The van der Waals surface area contributed by atoms with Gasteiger partial charge in [0.05, 0.1) is 5.16 Å². The lowest BCUT2D eigenvalue weighted by Gasteiger charge is -2.20. The molecular weight excluding hydrogens is 428 g/mol. The van der Waals surface area contributed by atoms with Crippen molar-refractivity contribution < 1.29 is 31.1 Å².